The molecule has 0 radical (unpaired) electrons. The van der Waals surface area contributed by atoms with Gasteiger partial charge in [-0.25, -0.2) is 9.97 Å². The van der Waals surface area contributed by atoms with Gasteiger partial charge in [-0.1, -0.05) is 13.8 Å². The molecule has 0 fully saturated rings. The van der Waals surface area contributed by atoms with E-state index in [0.29, 0.717) is 0 Å². The van der Waals surface area contributed by atoms with Gasteiger partial charge in [-0.3, -0.25) is 0 Å². The van der Waals surface area contributed by atoms with Crippen LogP contribution in [-0.4, -0.2) is 22.3 Å². The van der Waals surface area contributed by atoms with Crippen LogP contribution in [0, 0.1) is 6.92 Å². The summed E-state index contributed by atoms with van der Waals surface area (Å²) in [4.78, 5) is 9.23. The quantitative estimate of drug-likeness (QED) is 0.756. The zero-order valence-corrected chi connectivity index (χ0v) is 12.2. The van der Waals surface area contributed by atoms with Gasteiger partial charge in [-0.15, -0.1) is 0 Å². The summed E-state index contributed by atoms with van der Waals surface area (Å²) < 4.78 is 0. The maximum atomic E-state index is 4.63. The second kappa shape index (κ2) is 7.54. The predicted molar refractivity (Wildman–Crippen MR) is 76.8 cm³/mol. The minimum Gasteiger partial charge on any atom is -0.370 e. The highest BCUT2D eigenvalue weighted by Gasteiger charge is 2.08. The predicted octanol–water partition coefficient (Wildman–Crippen LogP) is 3.42. The molecule has 1 rings (SSSR count). The normalized spacial score (nSPS) is 10.6. The molecule has 3 nitrogen and oxygen atoms in total. The number of rotatable bonds is 7. The molecule has 17 heavy (non-hydrogen) atoms. The SMILES string of the molecule is CCCSCc1nc(CC)c(C)c(NCC)n1. The Labute approximate surface area is 109 Å². The summed E-state index contributed by atoms with van der Waals surface area (Å²) in [5.74, 6) is 4.06. The van der Waals surface area contributed by atoms with E-state index in [-0.39, 0.29) is 0 Å². The number of nitrogens with one attached hydrogen (secondary N) is 1. The van der Waals surface area contributed by atoms with Gasteiger partial charge in [-0.2, -0.15) is 11.8 Å². The number of nitrogens with zero attached hydrogens (tertiary/aromatic N) is 2. The number of hydrogen-bond donors (Lipinski definition) is 1. The molecule has 0 saturated carbocycles. The molecular weight excluding hydrogens is 230 g/mol. The van der Waals surface area contributed by atoms with Gasteiger partial charge in [0, 0.05) is 17.8 Å². The van der Waals surface area contributed by atoms with Crippen LogP contribution in [-0.2, 0) is 12.2 Å². The first-order valence-corrected chi connectivity index (χ1v) is 7.56. The third kappa shape index (κ3) is 4.19. The molecule has 0 unspecified atom stereocenters. The Kier molecular flexibility index (Phi) is 6.34. The van der Waals surface area contributed by atoms with Gasteiger partial charge in [0.15, 0.2) is 0 Å². The molecule has 0 aliphatic carbocycles. The zero-order chi connectivity index (χ0) is 12.7. The largest absolute Gasteiger partial charge is 0.370 e. The van der Waals surface area contributed by atoms with Gasteiger partial charge in [-0.05, 0) is 32.4 Å². The second-order valence-corrected chi connectivity index (χ2v) is 5.10. The standard InChI is InChI=1S/C13H23N3S/c1-5-8-17-9-12-15-11(6-2)10(4)13(16-12)14-7-3/h5-9H2,1-4H3,(H,14,15,16). The van der Waals surface area contributed by atoms with Crippen LogP contribution < -0.4 is 5.32 Å². The minimum atomic E-state index is 0.905. The second-order valence-electron chi connectivity index (χ2n) is 4.00. The van der Waals surface area contributed by atoms with Crippen LogP contribution >= 0.6 is 11.8 Å². The fourth-order valence-electron chi connectivity index (χ4n) is 1.67. The van der Waals surface area contributed by atoms with Gasteiger partial charge >= 0.3 is 0 Å². The smallest absolute Gasteiger partial charge is 0.140 e. The van der Waals surface area contributed by atoms with E-state index in [1.165, 1.54) is 23.4 Å². The molecule has 4 heteroatoms. The molecule has 0 amide bonds. The maximum Gasteiger partial charge on any atom is 0.140 e. The highest BCUT2D eigenvalue weighted by atomic mass is 32.2. The highest BCUT2D eigenvalue weighted by Crippen LogP contribution is 2.18. The van der Waals surface area contributed by atoms with Crippen molar-refractivity contribution >= 4 is 17.6 Å². The minimum absolute atomic E-state index is 0.905. The van der Waals surface area contributed by atoms with Crippen LogP contribution in [0.4, 0.5) is 5.82 Å². The van der Waals surface area contributed by atoms with Crippen LogP contribution in [0.3, 0.4) is 0 Å². The van der Waals surface area contributed by atoms with Crippen LogP contribution in [0.25, 0.3) is 0 Å². The van der Waals surface area contributed by atoms with E-state index in [4.69, 9.17) is 0 Å². The first kappa shape index (κ1) is 14.3. The summed E-state index contributed by atoms with van der Waals surface area (Å²) in [5, 5.41) is 3.32. The molecule has 96 valence electrons. The van der Waals surface area contributed by atoms with E-state index in [2.05, 4.69) is 43.0 Å². The molecule has 0 bridgehead atoms. The molecule has 0 aliphatic heterocycles. The third-order valence-electron chi connectivity index (χ3n) is 2.55. The zero-order valence-electron chi connectivity index (χ0n) is 11.3. The summed E-state index contributed by atoms with van der Waals surface area (Å²) in [5.41, 5.74) is 2.36. The Bertz CT molecular complexity index is 353. The summed E-state index contributed by atoms with van der Waals surface area (Å²) >= 11 is 1.91. The lowest BCUT2D eigenvalue weighted by Gasteiger charge is -2.12. The molecule has 1 aromatic heterocycles. The number of thioether (sulfide) groups is 1. The monoisotopic (exact) mass is 253 g/mol. The first-order chi connectivity index (χ1) is 8.22. The van der Waals surface area contributed by atoms with E-state index < -0.39 is 0 Å². The van der Waals surface area contributed by atoms with Crippen molar-refractivity contribution in [3.63, 3.8) is 0 Å². The van der Waals surface area contributed by atoms with Crippen LogP contribution in [0.2, 0.25) is 0 Å². The lowest BCUT2D eigenvalue weighted by Crippen LogP contribution is -2.09. The van der Waals surface area contributed by atoms with Crippen molar-refractivity contribution in [2.75, 3.05) is 17.6 Å². The van der Waals surface area contributed by atoms with E-state index in [1.807, 2.05) is 11.8 Å². The summed E-state index contributed by atoms with van der Waals surface area (Å²) in [7, 11) is 0. The van der Waals surface area contributed by atoms with Crippen molar-refractivity contribution in [2.24, 2.45) is 0 Å². The summed E-state index contributed by atoms with van der Waals surface area (Å²) in [6, 6.07) is 0. The van der Waals surface area contributed by atoms with Crippen LogP contribution in [0.15, 0.2) is 0 Å². The molecule has 0 saturated heterocycles. The fourth-order valence-corrected chi connectivity index (χ4v) is 2.42. The highest BCUT2D eigenvalue weighted by molar-refractivity contribution is 7.98. The van der Waals surface area contributed by atoms with Crippen molar-refractivity contribution < 1.29 is 0 Å². The molecular formula is C13H23N3S. The van der Waals surface area contributed by atoms with E-state index in [0.717, 1.165) is 30.4 Å². The topological polar surface area (TPSA) is 37.8 Å². The molecule has 0 spiro atoms. The summed E-state index contributed by atoms with van der Waals surface area (Å²) in [6.07, 6.45) is 2.18. The van der Waals surface area contributed by atoms with Crippen molar-refractivity contribution in [1.29, 1.82) is 0 Å². The van der Waals surface area contributed by atoms with E-state index >= 15 is 0 Å². The molecule has 0 aliphatic rings. The lowest BCUT2D eigenvalue weighted by atomic mass is 10.2. The van der Waals surface area contributed by atoms with Crippen molar-refractivity contribution in [2.45, 2.75) is 46.3 Å². The Morgan fingerprint density at radius 2 is 1.94 bits per heavy atom. The van der Waals surface area contributed by atoms with Crippen molar-refractivity contribution in [1.82, 2.24) is 9.97 Å². The van der Waals surface area contributed by atoms with E-state index in [9.17, 15) is 0 Å². The average molecular weight is 253 g/mol. The maximum absolute atomic E-state index is 4.63. The van der Waals surface area contributed by atoms with Crippen molar-refractivity contribution in [3.8, 4) is 0 Å². The van der Waals surface area contributed by atoms with Gasteiger partial charge in [0.05, 0.1) is 5.75 Å². The number of aryl methyl sites for hydroxylation is 1. The lowest BCUT2D eigenvalue weighted by molar-refractivity contribution is 0.914. The van der Waals surface area contributed by atoms with Gasteiger partial charge in [0.1, 0.15) is 11.6 Å². The Hall–Kier alpha value is -0.770. The number of aromatic nitrogens is 2. The van der Waals surface area contributed by atoms with Crippen LogP contribution in [0.5, 0.6) is 0 Å². The Balaban J connectivity index is 2.86. The summed E-state index contributed by atoms with van der Waals surface area (Å²) in [6.45, 7) is 9.44. The van der Waals surface area contributed by atoms with Gasteiger partial charge < -0.3 is 5.32 Å². The van der Waals surface area contributed by atoms with Gasteiger partial charge in [0.25, 0.3) is 0 Å². The first-order valence-electron chi connectivity index (χ1n) is 6.40. The molecule has 0 aromatic carbocycles. The fraction of sp³-hybridized carbons (Fsp3) is 0.692. The third-order valence-corrected chi connectivity index (χ3v) is 3.71. The van der Waals surface area contributed by atoms with Crippen molar-refractivity contribution in [3.05, 3.63) is 17.1 Å². The number of anilines is 1. The molecule has 1 aromatic rings. The van der Waals surface area contributed by atoms with Crippen LogP contribution in [0.1, 0.15) is 44.3 Å². The molecule has 1 heterocycles. The Morgan fingerprint density at radius 1 is 1.18 bits per heavy atom. The average Bonchev–Trinajstić information content (AvgIpc) is 2.33. The Morgan fingerprint density at radius 3 is 2.53 bits per heavy atom. The van der Waals surface area contributed by atoms with Gasteiger partial charge in [0.2, 0.25) is 0 Å². The molecule has 0 atom stereocenters. The number of hydrogen-bond acceptors (Lipinski definition) is 4. The molecule has 1 N–H and O–H groups in total. The van der Waals surface area contributed by atoms with E-state index in [1.54, 1.807) is 0 Å².